The molecule has 0 spiro atoms. The Labute approximate surface area is 129 Å². The summed E-state index contributed by atoms with van der Waals surface area (Å²) >= 11 is 5.28. The highest BCUT2D eigenvalue weighted by Gasteiger charge is 2.04. The van der Waals surface area contributed by atoms with Crippen molar-refractivity contribution in [3.05, 3.63) is 59.7 Å². The van der Waals surface area contributed by atoms with E-state index in [9.17, 15) is 4.79 Å². The Bertz CT molecular complexity index is 653. The fourth-order valence-corrected chi connectivity index (χ4v) is 2.07. The highest BCUT2D eigenvalue weighted by atomic mass is 32.1. The summed E-state index contributed by atoms with van der Waals surface area (Å²) in [6.07, 6.45) is 0. The largest absolute Gasteiger partial charge is 0.355 e. The predicted octanol–water partition coefficient (Wildman–Crippen LogP) is 3.16. The molecule has 0 saturated heterocycles. The Morgan fingerprint density at radius 3 is 2.29 bits per heavy atom. The number of benzene rings is 2. The van der Waals surface area contributed by atoms with Gasteiger partial charge in [0.25, 0.3) is 5.91 Å². The normalized spacial score (nSPS) is 9.81. The van der Waals surface area contributed by atoms with Crippen LogP contribution in [0.25, 0.3) is 0 Å². The molecule has 0 aromatic heterocycles. The summed E-state index contributed by atoms with van der Waals surface area (Å²) in [7, 11) is 1.61. The third-order valence-electron chi connectivity index (χ3n) is 3.03. The minimum absolute atomic E-state index is 0.109. The summed E-state index contributed by atoms with van der Waals surface area (Å²) < 4.78 is 0. The van der Waals surface area contributed by atoms with Gasteiger partial charge in [-0.2, -0.15) is 0 Å². The Morgan fingerprint density at radius 2 is 1.67 bits per heavy atom. The number of hydrogen-bond donors (Lipinski definition) is 3. The number of aryl methyl sites for hydroxylation is 1. The molecule has 0 atom stereocenters. The summed E-state index contributed by atoms with van der Waals surface area (Å²) in [5, 5.41) is 9.33. The van der Waals surface area contributed by atoms with E-state index in [4.69, 9.17) is 12.2 Å². The average molecular weight is 299 g/mol. The molecule has 0 fully saturated rings. The van der Waals surface area contributed by atoms with Gasteiger partial charge in [-0.3, -0.25) is 4.79 Å². The second kappa shape index (κ2) is 6.85. The molecular formula is C16H17N3OS. The van der Waals surface area contributed by atoms with Crippen molar-refractivity contribution in [2.24, 2.45) is 0 Å². The van der Waals surface area contributed by atoms with Gasteiger partial charge in [-0.25, -0.2) is 0 Å². The lowest BCUT2D eigenvalue weighted by molar-refractivity contribution is 0.0963. The van der Waals surface area contributed by atoms with Crippen LogP contribution in [0.2, 0.25) is 0 Å². The summed E-state index contributed by atoms with van der Waals surface area (Å²) in [5.74, 6) is -0.109. The second-order valence-corrected chi connectivity index (χ2v) is 4.96. The number of para-hydroxylation sites is 1. The summed E-state index contributed by atoms with van der Waals surface area (Å²) in [6.45, 7) is 2.02. The van der Waals surface area contributed by atoms with Crippen LogP contribution in [0, 0.1) is 6.92 Å². The van der Waals surface area contributed by atoms with Crippen LogP contribution in [0.15, 0.2) is 48.5 Å². The smallest absolute Gasteiger partial charge is 0.251 e. The highest BCUT2D eigenvalue weighted by molar-refractivity contribution is 7.80. The molecule has 2 aromatic carbocycles. The minimum Gasteiger partial charge on any atom is -0.355 e. The molecule has 0 radical (unpaired) electrons. The Hall–Kier alpha value is -2.40. The quantitative estimate of drug-likeness (QED) is 0.762. The van der Waals surface area contributed by atoms with Crippen LogP contribution in [0.4, 0.5) is 11.4 Å². The SMILES string of the molecule is CNC(=O)c1ccc(NC(=S)Nc2ccccc2C)cc1. The van der Waals surface area contributed by atoms with E-state index in [1.807, 2.05) is 43.3 Å². The zero-order chi connectivity index (χ0) is 15.2. The fourth-order valence-electron chi connectivity index (χ4n) is 1.85. The first-order valence-electron chi connectivity index (χ1n) is 6.56. The first-order chi connectivity index (χ1) is 10.1. The van der Waals surface area contributed by atoms with Crippen molar-refractivity contribution in [3.63, 3.8) is 0 Å². The highest BCUT2D eigenvalue weighted by Crippen LogP contribution is 2.14. The first-order valence-corrected chi connectivity index (χ1v) is 6.97. The van der Waals surface area contributed by atoms with Gasteiger partial charge >= 0.3 is 0 Å². The number of anilines is 2. The maximum absolute atomic E-state index is 11.5. The number of amides is 1. The van der Waals surface area contributed by atoms with Crippen molar-refractivity contribution in [2.75, 3.05) is 17.7 Å². The van der Waals surface area contributed by atoms with E-state index < -0.39 is 0 Å². The lowest BCUT2D eigenvalue weighted by Gasteiger charge is -2.12. The van der Waals surface area contributed by atoms with Crippen LogP contribution < -0.4 is 16.0 Å². The zero-order valence-electron chi connectivity index (χ0n) is 11.9. The van der Waals surface area contributed by atoms with E-state index >= 15 is 0 Å². The van der Waals surface area contributed by atoms with Gasteiger partial charge in [0.15, 0.2) is 5.11 Å². The van der Waals surface area contributed by atoms with E-state index in [1.165, 1.54) is 0 Å². The molecule has 2 rings (SSSR count). The molecule has 4 nitrogen and oxygen atoms in total. The Balaban J connectivity index is 2.00. The molecule has 1 amide bonds. The van der Waals surface area contributed by atoms with Crippen molar-refractivity contribution >= 4 is 34.6 Å². The monoisotopic (exact) mass is 299 g/mol. The second-order valence-electron chi connectivity index (χ2n) is 4.55. The number of hydrogen-bond acceptors (Lipinski definition) is 2. The maximum atomic E-state index is 11.5. The maximum Gasteiger partial charge on any atom is 0.251 e. The van der Waals surface area contributed by atoms with Gasteiger partial charge in [0, 0.05) is 24.0 Å². The summed E-state index contributed by atoms with van der Waals surface area (Å²) in [5.41, 5.74) is 3.53. The van der Waals surface area contributed by atoms with Crippen molar-refractivity contribution in [3.8, 4) is 0 Å². The van der Waals surface area contributed by atoms with Gasteiger partial charge in [-0.1, -0.05) is 18.2 Å². The Kier molecular flexibility index (Phi) is 4.90. The third kappa shape index (κ3) is 4.03. The molecule has 0 aliphatic rings. The van der Waals surface area contributed by atoms with Gasteiger partial charge in [-0.15, -0.1) is 0 Å². The van der Waals surface area contributed by atoms with Crippen LogP contribution in [0.5, 0.6) is 0 Å². The molecule has 108 valence electrons. The van der Waals surface area contributed by atoms with Crippen molar-refractivity contribution < 1.29 is 4.79 Å². The molecule has 0 saturated carbocycles. The molecule has 3 N–H and O–H groups in total. The Morgan fingerprint density at radius 1 is 1.00 bits per heavy atom. The van der Waals surface area contributed by atoms with E-state index in [0.29, 0.717) is 10.7 Å². The summed E-state index contributed by atoms with van der Waals surface area (Å²) in [4.78, 5) is 11.5. The van der Waals surface area contributed by atoms with Crippen LogP contribution in [-0.4, -0.2) is 18.1 Å². The van der Waals surface area contributed by atoms with Crippen LogP contribution in [0.3, 0.4) is 0 Å². The topological polar surface area (TPSA) is 53.2 Å². The number of nitrogens with one attached hydrogen (secondary N) is 3. The third-order valence-corrected chi connectivity index (χ3v) is 3.23. The van der Waals surface area contributed by atoms with Gasteiger partial charge in [-0.05, 0) is 55.0 Å². The first kappa shape index (κ1) is 15.0. The van der Waals surface area contributed by atoms with Gasteiger partial charge in [0.05, 0.1) is 0 Å². The van der Waals surface area contributed by atoms with Gasteiger partial charge < -0.3 is 16.0 Å². The van der Waals surface area contributed by atoms with Crippen LogP contribution in [0.1, 0.15) is 15.9 Å². The summed E-state index contributed by atoms with van der Waals surface area (Å²) in [6, 6.07) is 15.0. The standard InChI is InChI=1S/C16H17N3OS/c1-11-5-3-4-6-14(11)19-16(21)18-13-9-7-12(8-10-13)15(20)17-2/h3-10H,1-2H3,(H,17,20)(H2,18,19,21). The zero-order valence-corrected chi connectivity index (χ0v) is 12.8. The molecule has 2 aromatic rings. The van der Waals surface area contributed by atoms with E-state index in [0.717, 1.165) is 16.9 Å². The number of carbonyl (C=O) groups is 1. The van der Waals surface area contributed by atoms with Crippen molar-refractivity contribution in [1.82, 2.24) is 5.32 Å². The molecule has 0 aliphatic heterocycles. The number of rotatable bonds is 3. The number of carbonyl (C=O) groups excluding carboxylic acids is 1. The van der Waals surface area contributed by atoms with E-state index in [2.05, 4.69) is 16.0 Å². The van der Waals surface area contributed by atoms with Crippen LogP contribution in [-0.2, 0) is 0 Å². The predicted molar refractivity (Wildman–Crippen MR) is 90.9 cm³/mol. The molecular weight excluding hydrogens is 282 g/mol. The number of thiocarbonyl (C=S) groups is 1. The molecule has 0 heterocycles. The van der Waals surface area contributed by atoms with Crippen molar-refractivity contribution in [2.45, 2.75) is 6.92 Å². The van der Waals surface area contributed by atoms with E-state index in [-0.39, 0.29) is 5.91 Å². The van der Waals surface area contributed by atoms with Crippen molar-refractivity contribution in [1.29, 1.82) is 0 Å². The molecule has 21 heavy (non-hydrogen) atoms. The molecule has 0 bridgehead atoms. The molecule has 0 unspecified atom stereocenters. The van der Waals surface area contributed by atoms with Gasteiger partial charge in [0.2, 0.25) is 0 Å². The molecule has 5 heteroatoms. The lowest BCUT2D eigenvalue weighted by atomic mass is 10.2. The lowest BCUT2D eigenvalue weighted by Crippen LogP contribution is -2.20. The van der Waals surface area contributed by atoms with Crippen LogP contribution >= 0.6 is 12.2 Å². The average Bonchev–Trinajstić information content (AvgIpc) is 2.49. The molecule has 0 aliphatic carbocycles. The van der Waals surface area contributed by atoms with Gasteiger partial charge in [0.1, 0.15) is 0 Å². The minimum atomic E-state index is -0.109. The fraction of sp³-hybridized carbons (Fsp3) is 0.125. The van der Waals surface area contributed by atoms with E-state index in [1.54, 1.807) is 19.2 Å².